The molecule has 1 aromatic heterocycles. The number of para-hydroxylation sites is 1. The van der Waals surface area contributed by atoms with Crippen molar-refractivity contribution in [1.29, 1.82) is 0 Å². The second kappa shape index (κ2) is 11.5. The Kier molecular flexibility index (Phi) is 6.41. The van der Waals surface area contributed by atoms with E-state index in [1.807, 2.05) is 11.8 Å². The quantitative estimate of drug-likeness (QED) is 0.175. The molecule has 2 unspecified atom stereocenters. The molecule has 2 atom stereocenters. The maximum Gasteiger partial charge on any atom is 0.123 e. The molecule has 2 nitrogen and oxygen atoms in total. The van der Waals surface area contributed by atoms with Crippen LogP contribution in [-0.4, -0.2) is 10.7 Å². The molecular formula is C53H37NOS. The number of hydrogen-bond acceptors (Lipinski definition) is 2. The molecule has 0 amide bonds. The lowest BCUT2D eigenvalue weighted by Gasteiger charge is -2.39. The van der Waals surface area contributed by atoms with Crippen LogP contribution in [0.1, 0.15) is 59.4 Å². The minimum atomic E-state index is -0.401. The highest BCUT2D eigenvalue weighted by Crippen LogP contribution is 2.63. The summed E-state index contributed by atoms with van der Waals surface area (Å²) in [5.41, 5.74) is 15.3. The second-order valence-electron chi connectivity index (χ2n) is 16.2. The van der Waals surface area contributed by atoms with Crippen molar-refractivity contribution in [3.8, 4) is 33.7 Å². The normalized spacial score (nSPS) is 18.3. The summed E-state index contributed by atoms with van der Waals surface area (Å²) in [6, 6.07) is 62.1. The average Bonchev–Trinajstić information content (AvgIpc) is 3.89. The maximum absolute atomic E-state index is 6.46. The van der Waals surface area contributed by atoms with Crippen molar-refractivity contribution in [3.63, 3.8) is 0 Å². The fourth-order valence-electron chi connectivity index (χ4n) is 11.1. The number of nitrogens with zero attached hydrogens (tertiary/aromatic N) is 1. The van der Waals surface area contributed by atoms with Crippen molar-refractivity contribution >= 4 is 44.3 Å². The van der Waals surface area contributed by atoms with Gasteiger partial charge in [0.2, 0.25) is 0 Å². The second-order valence-corrected chi connectivity index (χ2v) is 17.3. The molecule has 4 aliphatic rings. The molecule has 1 saturated carbocycles. The largest absolute Gasteiger partial charge is 0.489 e. The van der Waals surface area contributed by atoms with Crippen molar-refractivity contribution in [1.82, 2.24) is 4.57 Å². The van der Waals surface area contributed by atoms with E-state index >= 15 is 0 Å². The summed E-state index contributed by atoms with van der Waals surface area (Å²) in [5, 5.41) is 5.14. The van der Waals surface area contributed by atoms with E-state index in [-0.39, 0.29) is 0 Å². The van der Waals surface area contributed by atoms with E-state index in [9.17, 15) is 0 Å². The van der Waals surface area contributed by atoms with Crippen LogP contribution in [-0.2, 0) is 5.41 Å². The number of ether oxygens (including phenoxy) is 1. The highest BCUT2D eigenvalue weighted by Gasteiger charge is 2.50. The summed E-state index contributed by atoms with van der Waals surface area (Å²) >= 11 is 1.90. The molecule has 1 fully saturated rings. The van der Waals surface area contributed by atoms with Gasteiger partial charge < -0.3 is 9.30 Å². The monoisotopic (exact) mass is 735 g/mol. The third-order valence-corrected chi connectivity index (χ3v) is 14.6. The SMILES string of the molecule is c1ccc2c(c1)Sc1ccccc1C21c2ccc(-c3ccc4c(c3)c3ccccc3n4-c3ccc4c(c3)C3CCCCC3O4)cc2-c2c1ccc1ccccc21. The lowest BCUT2D eigenvalue weighted by Crippen LogP contribution is -2.31. The van der Waals surface area contributed by atoms with Crippen LogP contribution in [0.25, 0.3) is 60.5 Å². The zero-order chi connectivity index (χ0) is 36.5. The molecule has 13 rings (SSSR count). The van der Waals surface area contributed by atoms with Crippen LogP contribution in [0, 0.1) is 0 Å². The molecule has 0 saturated heterocycles. The van der Waals surface area contributed by atoms with Gasteiger partial charge in [-0.05, 0) is 129 Å². The van der Waals surface area contributed by atoms with E-state index in [2.05, 4.69) is 168 Å². The predicted molar refractivity (Wildman–Crippen MR) is 231 cm³/mol. The number of fused-ring (bicyclic) bond motifs is 17. The molecule has 0 radical (unpaired) electrons. The molecule has 0 N–H and O–H groups in total. The van der Waals surface area contributed by atoms with E-state index in [1.165, 1.54) is 117 Å². The van der Waals surface area contributed by atoms with Gasteiger partial charge in [-0.1, -0.05) is 127 Å². The van der Waals surface area contributed by atoms with Crippen LogP contribution in [0.4, 0.5) is 0 Å². The molecule has 2 aliphatic carbocycles. The Morgan fingerprint density at radius 3 is 2.11 bits per heavy atom. The third kappa shape index (κ3) is 4.08. The molecule has 8 aromatic carbocycles. The third-order valence-electron chi connectivity index (χ3n) is 13.5. The number of rotatable bonds is 2. The summed E-state index contributed by atoms with van der Waals surface area (Å²) < 4.78 is 8.93. The highest BCUT2D eigenvalue weighted by atomic mass is 32.2. The van der Waals surface area contributed by atoms with E-state index in [0.29, 0.717) is 12.0 Å². The summed E-state index contributed by atoms with van der Waals surface area (Å²) in [5.74, 6) is 1.59. The van der Waals surface area contributed by atoms with Crippen molar-refractivity contribution in [2.24, 2.45) is 0 Å². The predicted octanol–water partition coefficient (Wildman–Crippen LogP) is 13.9. The van der Waals surface area contributed by atoms with Crippen LogP contribution < -0.4 is 4.74 Å². The van der Waals surface area contributed by atoms with Crippen molar-refractivity contribution in [2.45, 2.75) is 52.9 Å². The van der Waals surface area contributed by atoms with E-state index in [4.69, 9.17) is 4.74 Å². The van der Waals surface area contributed by atoms with Gasteiger partial charge >= 0.3 is 0 Å². The Morgan fingerprint density at radius 2 is 1.23 bits per heavy atom. The minimum Gasteiger partial charge on any atom is -0.489 e. The smallest absolute Gasteiger partial charge is 0.123 e. The number of hydrogen-bond donors (Lipinski definition) is 0. The van der Waals surface area contributed by atoms with Crippen LogP contribution in [0.5, 0.6) is 5.75 Å². The molecule has 3 heterocycles. The molecule has 2 aliphatic heterocycles. The van der Waals surface area contributed by atoms with Crippen LogP contribution >= 0.6 is 11.8 Å². The molecule has 266 valence electrons. The Labute approximate surface area is 330 Å². The van der Waals surface area contributed by atoms with Crippen LogP contribution in [0.3, 0.4) is 0 Å². The van der Waals surface area contributed by atoms with Gasteiger partial charge in [-0.25, -0.2) is 0 Å². The molecule has 0 bridgehead atoms. The van der Waals surface area contributed by atoms with Gasteiger partial charge in [0.25, 0.3) is 0 Å². The summed E-state index contributed by atoms with van der Waals surface area (Å²) in [4.78, 5) is 2.66. The van der Waals surface area contributed by atoms with Crippen LogP contribution in [0.2, 0.25) is 0 Å². The Balaban J connectivity index is 1.02. The van der Waals surface area contributed by atoms with Crippen LogP contribution in [0.15, 0.2) is 174 Å². The Bertz CT molecular complexity index is 3090. The topological polar surface area (TPSA) is 14.2 Å². The summed E-state index contributed by atoms with van der Waals surface area (Å²) in [7, 11) is 0. The van der Waals surface area contributed by atoms with Gasteiger partial charge in [0, 0.05) is 37.7 Å². The van der Waals surface area contributed by atoms with Gasteiger partial charge in [0.05, 0.1) is 16.4 Å². The first-order chi connectivity index (χ1) is 27.8. The van der Waals surface area contributed by atoms with Gasteiger partial charge in [-0.2, -0.15) is 0 Å². The molecule has 56 heavy (non-hydrogen) atoms. The Hall–Kier alpha value is -6.03. The summed E-state index contributed by atoms with van der Waals surface area (Å²) in [6.45, 7) is 0. The zero-order valence-electron chi connectivity index (χ0n) is 30.8. The fourth-order valence-corrected chi connectivity index (χ4v) is 12.3. The van der Waals surface area contributed by atoms with Gasteiger partial charge in [-0.15, -0.1) is 0 Å². The van der Waals surface area contributed by atoms with Crippen molar-refractivity contribution in [3.05, 3.63) is 192 Å². The zero-order valence-corrected chi connectivity index (χ0v) is 31.7. The fraction of sp³-hybridized carbons (Fsp3) is 0.132. The molecular weight excluding hydrogens is 699 g/mol. The van der Waals surface area contributed by atoms with Gasteiger partial charge in [0.1, 0.15) is 11.9 Å². The minimum absolute atomic E-state index is 0.336. The van der Waals surface area contributed by atoms with E-state index in [0.717, 1.165) is 12.2 Å². The van der Waals surface area contributed by atoms with Crippen molar-refractivity contribution in [2.75, 3.05) is 0 Å². The van der Waals surface area contributed by atoms with Gasteiger partial charge in [-0.3, -0.25) is 0 Å². The van der Waals surface area contributed by atoms with E-state index in [1.54, 1.807) is 0 Å². The number of benzene rings is 8. The number of aromatic nitrogens is 1. The first-order valence-corrected chi connectivity index (χ1v) is 21.0. The molecule has 3 heteroatoms. The van der Waals surface area contributed by atoms with E-state index < -0.39 is 5.41 Å². The summed E-state index contributed by atoms with van der Waals surface area (Å²) in [6.07, 6.45) is 5.28. The lowest BCUT2D eigenvalue weighted by atomic mass is 9.67. The van der Waals surface area contributed by atoms with Crippen molar-refractivity contribution < 1.29 is 4.74 Å². The molecule has 9 aromatic rings. The van der Waals surface area contributed by atoms with Gasteiger partial charge in [0.15, 0.2) is 0 Å². The molecule has 1 spiro atoms. The average molecular weight is 736 g/mol. The standard InChI is InChI=1S/C53H37NOS/c1-2-12-36-32(11-1)21-26-45-52(36)41-30-33(22-25-42(41)53(45)43-15-5-9-19-50(43)56-51-20-10-6-16-44(51)53)34-23-27-47-39(29-34)37-13-3-7-17-46(37)54(47)35-24-28-49-40(31-35)38-14-4-8-18-48(38)55-49/h1-3,5-7,9-13,15-17,19-31,38,48H,4,8,14,18H2. The first kappa shape index (κ1) is 31.2. The Morgan fingerprint density at radius 1 is 0.536 bits per heavy atom. The highest BCUT2D eigenvalue weighted by molar-refractivity contribution is 7.99. The maximum atomic E-state index is 6.46. The lowest BCUT2D eigenvalue weighted by molar-refractivity contribution is 0.164. The first-order valence-electron chi connectivity index (χ1n) is 20.1.